The second-order valence-corrected chi connectivity index (χ2v) is 13.6. The Morgan fingerprint density at radius 2 is 1.71 bits per heavy atom. The Balaban J connectivity index is 1.28. The summed E-state index contributed by atoms with van der Waals surface area (Å²) < 4.78 is 11.7. The summed E-state index contributed by atoms with van der Waals surface area (Å²) in [4.78, 5) is 28.4. The van der Waals surface area contributed by atoms with Crippen molar-refractivity contribution in [2.24, 2.45) is 11.8 Å². The van der Waals surface area contributed by atoms with Crippen LogP contribution in [0.4, 0.5) is 11.4 Å². The average molecular weight is 657 g/mol. The van der Waals surface area contributed by atoms with Crippen molar-refractivity contribution in [3.05, 3.63) is 91.7 Å². The van der Waals surface area contributed by atoms with Gasteiger partial charge in [-0.1, -0.05) is 74.6 Å². The van der Waals surface area contributed by atoms with Crippen LogP contribution in [0.3, 0.4) is 0 Å². The molecule has 1 unspecified atom stereocenters. The fourth-order valence-corrected chi connectivity index (χ4v) is 7.46. The third-order valence-corrected chi connectivity index (χ3v) is 10.1. The number of piperidine rings is 1. The number of nitriles is 1. The molecule has 0 spiro atoms. The van der Waals surface area contributed by atoms with E-state index >= 15 is 0 Å². The number of ether oxygens (including phenoxy) is 2. The minimum Gasteiger partial charge on any atom is -0.390 e. The Labute approximate surface area is 285 Å². The molecule has 1 saturated heterocycles. The number of nitrogens with one attached hydrogen (secondary N) is 2. The summed E-state index contributed by atoms with van der Waals surface area (Å²) in [5.74, 6) is 0.627. The Morgan fingerprint density at radius 3 is 2.44 bits per heavy atom. The maximum Gasteiger partial charge on any atom is 0.253 e. The van der Waals surface area contributed by atoms with E-state index in [1.54, 1.807) is 19.2 Å². The highest BCUT2D eigenvalue weighted by Crippen LogP contribution is 2.36. The summed E-state index contributed by atoms with van der Waals surface area (Å²) in [6.45, 7) is 3.55. The first-order chi connectivity index (χ1) is 23.5. The van der Waals surface area contributed by atoms with Gasteiger partial charge in [0.25, 0.3) is 10.9 Å². The molecule has 1 heterocycles. The van der Waals surface area contributed by atoms with Crippen LogP contribution >= 0.6 is 0 Å². The lowest BCUT2D eigenvalue weighted by Crippen LogP contribution is -2.50. The van der Waals surface area contributed by atoms with Crippen LogP contribution in [-0.4, -0.2) is 57.2 Å². The smallest absolute Gasteiger partial charge is 0.253 e. The van der Waals surface area contributed by atoms with Crippen molar-refractivity contribution in [2.45, 2.75) is 89.0 Å². The van der Waals surface area contributed by atoms with Crippen LogP contribution in [-0.2, 0) is 16.0 Å². The Morgan fingerprint density at radius 1 is 0.958 bits per heavy atom. The first kappa shape index (κ1) is 35.7. The molecule has 9 nitrogen and oxygen atoms in total. The molecule has 4 atom stereocenters. The second-order valence-electron chi connectivity index (χ2n) is 13.6. The molecule has 3 aromatic carbocycles. The molecule has 0 radical (unpaired) electrons. The number of hydrogen-bond acceptors (Lipinski definition) is 9. The van der Waals surface area contributed by atoms with E-state index in [2.05, 4.69) is 33.7 Å². The van der Waals surface area contributed by atoms with Gasteiger partial charge in [0.1, 0.15) is 11.4 Å². The highest BCUT2D eigenvalue weighted by Gasteiger charge is 2.35. The lowest BCUT2D eigenvalue weighted by Gasteiger charge is -2.40. The van der Waals surface area contributed by atoms with Gasteiger partial charge in [0.2, 0.25) is 0 Å². The van der Waals surface area contributed by atoms with Crippen molar-refractivity contribution in [3.63, 3.8) is 0 Å². The first-order valence-electron chi connectivity index (χ1n) is 17.9. The quantitative estimate of drug-likeness (QED) is 0.121. The lowest BCUT2D eigenvalue weighted by atomic mass is 9.83. The molecule has 2 fully saturated rings. The zero-order valence-corrected chi connectivity index (χ0v) is 28.4. The third kappa shape index (κ3) is 9.54. The van der Waals surface area contributed by atoms with Crippen molar-refractivity contribution >= 4 is 11.4 Å². The Hall–Kier alpha value is -3.55. The predicted molar refractivity (Wildman–Crippen MR) is 190 cm³/mol. The first-order valence-corrected chi connectivity index (χ1v) is 17.9. The molecule has 0 amide bonds. The van der Waals surface area contributed by atoms with E-state index in [1.165, 1.54) is 19.3 Å². The predicted octanol–water partition coefficient (Wildman–Crippen LogP) is 5.46. The number of anilines is 2. The summed E-state index contributed by atoms with van der Waals surface area (Å²) >= 11 is 0. The van der Waals surface area contributed by atoms with Crippen LogP contribution < -0.4 is 26.4 Å². The molecular weight excluding hydrogens is 604 g/mol. The number of hydrogen-bond donors (Lipinski definition) is 3. The summed E-state index contributed by atoms with van der Waals surface area (Å²) in [6.07, 6.45) is 9.42. The molecule has 0 aromatic heterocycles. The van der Waals surface area contributed by atoms with Crippen LogP contribution in [0.1, 0.15) is 87.0 Å². The number of aliphatic hydroxyl groups excluding tert-OH is 1. The van der Waals surface area contributed by atoms with Crippen LogP contribution in [0.25, 0.3) is 0 Å². The van der Waals surface area contributed by atoms with Crippen molar-refractivity contribution < 1.29 is 14.6 Å². The van der Waals surface area contributed by atoms with Gasteiger partial charge in [-0.3, -0.25) is 9.59 Å². The zero-order chi connectivity index (χ0) is 33.7. The Bertz CT molecular complexity index is 1510. The monoisotopic (exact) mass is 656 g/mol. The van der Waals surface area contributed by atoms with Gasteiger partial charge in [0.05, 0.1) is 29.9 Å². The molecule has 3 aromatic rings. The van der Waals surface area contributed by atoms with E-state index in [0.717, 1.165) is 56.1 Å². The van der Waals surface area contributed by atoms with E-state index < -0.39 is 17.0 Å². The van der Waals surface area contributed by atoms with E-state index in [1.807, 2.05) is 30.3 Å². The summed E-state index contributed by atoms with van der Waals surface area (Å²) in [5.41, 5.74) is 2.64. The van der Waals surface area contributed by atoms with Crippen LogP contribution in [0.2, 0.25) is 0 Å². The highest BCUT2D eigenvalue weighted by molar-refractivity contribution is 5.75. The molecule has 48 heavy (non-hydrogen) atoms. The topological polar surface area (TPSA) is 124 Å². The van der Waals surface area contributed by atoms with Gasteiger partial charge >= 0.3 is 0 Å². The van der Waals surface area contributed by atoms with Crippen LogP contribution in [0.5, 0.6) is 0 Å². The van der Waals surface area contributed by atoms with E-state index in [9.17, 15) is 14.7 Å². The summed E-state index contributed by atoms with van der Waals surface area (Å²) in [5, 5.41) is 27.3. The van der Waals surface area contributed by atoms with Crippen LogP contribution in [0.15, 0.2) is 64.2 Å². The molecule has 5 rings (SSSR count). The number of rotatable bonds is 18. The molecule has 1 aliphatic heterocycles. The third-order valence-electron chi connectivity index (χ3n) is 10.1. The van der Waals surface area contributed by atoms with Crippen LogP contribution in [0, 0.1) is 23.2 Å². The normalized spacial score (nSPS) is 19.1. The van der Waals surface area contributed by atoms with E-state index in [-0.39, 0.29) is 18.1 Å². The van der Waals surface area contributed by atoms with Gasteiger partial charge < -0.3 is 30.1 Å². The van der Waals surface area contributed by atoms with Crippen molar-refractivity contribution in [1.82, 2.24) is 5.32 Å². The second kappa shape index (κ2) is 18.3. The number of methoxy groups -OCH3 is 1. The molecule has 0 bridgehead atoms. The van der Waals surface area contributed by atoms with Gasteiger partial charge in [-0.25, -0.2) is 0 Å². The van der Waals surface area contributed by atoms with Gasteiger partial charge in [-0.2, -0.15) is 5.26 Å². The lowest BCUT2D eigenvalue weighted by molar-refractivity contribution is 0.00229. The number of aliphatic hydroxyl groups is 1. The minimum absolute atomic E-state index is 0.109. The van der Waals surface area contributed by atoms with E-state index in [4.69, 9.17) is 14.7 Å². The molecule has 258 valence electrons. The molecule has 3 N–H and O–H groups in total. The number of unbranched alkanes of at least 4 members (excludes halogenated alkanes) is 1. The molecular formula is C39H52N4O5. The van der Waals surface area contributed by atoms with Gasteiger partial charge in [-0.15, -0.1) is 0 Å². The van der Waals surface area contributed by atoms with Crippen molar-refractivity contribution in [1.29, 1.82) is 5.26 Å². The minimum atomic E-state index is -0.759. The highest BCUT2D eigenvalue weighted by atomic mass is 16.5. The SMILES string of the molecule is COCCCCO[C@@H](c1ccccc1)C1CCCN(c2c(N[C@@H](CC3CCCCC3)[C@H](O)CNCc3ccc(C#N)cc3)c(=O)c2=O)C1. The van der Waals surface area contributed by atoms with Gasteiger partial charge in [0.15, 0.2) is 0 Å². The molecule has 1 saturated carbocycles. The molecule has 2 aliphatic rings. The van der Waals surface area contributed by atoms with E-state index in [0.29, 0.717) is 62.2 Å². The van der Waals surface area contributed by atoms with Gasteiger partial charge in [0, 0.05) is 52.4 Å². The molecule has 1 aliphatic carbocycles. The fourth-order valence-electron chi connectivity index (χ4n) is 7.46. The Kier molecular flexibility index (Phi) is 13.6. The zero-order valence-electron chi connectivity index (χ0n) is 28.4. The summed E-state index contributed by atoms with van der Waals surface area (Å²) in [7, 11) is 1.71. The fraction of sp³-hybridized carbons (Fsp3) is 0.564. The number of benzene rings is 2. The average Bonchev–Trinajstić information content (AvgIpc) is 3.13. The summed E-state index contributed by atoms with van der Waals surface area (Å²) in [6, 6.07) is 19.5. The number of nitrogens with zero attached hydrogens (tertiary/aromatic N) is 2. The standard InChI is InChI=1S/C39H52N4O5/c1-47-21-8-9-22-48-39(31-13-6-3-7-14-31)32-15-10-20-43(27-32)36-35(37(45)38(36)46)42-33(23-28-11-4-2-5-12-28)34(44)26-41-25-30-18-16-29(24-40)17-19-30/h3,6-7,13-14,16-19,28,32-34,39,41-42,44H,2,4-5,8-12,15,20-23,25-27H2,1H3/t32?,33-,34+,39-/m0/s1. The van der Waals surface area contributed by atoms with Crippen molar-refractivity contribution in [2.75, 3.05) is 50.2 Å². The largest absolute Gasteiger partial charge is 0.390 e. The maximum atomic E-state index is 13.2. The van der Waals surface area contributed by atoms with Crippen molar-refractivity contribution in [3.8, 4) is 6.07 Å². The van der Waals surface area contributed by atoms with Gasteiger partial charge in [-0.05, 0) is 61.3 Å². The molecule has 9 heteroatoms. The maximum absolute atomic E-state index is 13.2.